The van der Waals surface area contributed by atoms with E-state index in [1.807, 2.05) is 42.6 Å². The minimum Gasteiger partial charge on any atom is -0.366 e. The fraction of sp³-hybridized carbons (Fsp3) is 0.160. The second-order valence-electron chi connectivity index (χ2n) is 8.54. The van der Waals surface area contributed by atoms with Crippen LogP contribution in [0.25, 0.3) is 27.5 Å². The molecule has 4 N–H and O–H groups in total. The molecular formula is C25H23N7O2. The molecule has 0 aliphatic heterocycles. The summed E-state index contributed by atoms with van der Waals surface area (Å²) in [5.41, 5.74) is 8.80. The topological polar surface area (TPSA) is 132 Å². The molecule has 0 spiro atoms. The molecule has 0 bridgehead atoms. The van der Waals surface area contributed by atoms with Crippen molar-refractivity contribution in [2.24, 2.45) is 5.73 Å². The lowest BCUT2D eigenvalue weighted by atomic mass is 10.1. The van der Waals surface area contributed by atoms with Crippen molar-refractivity contribution >= 4 is 33.6 Å². The van der Waals surface area contributed by atoms with Gasteiger partial charge in [0.2, 0.25) is 5.91 Å². The minimum absolute atomic E-state index is 0.0292. The number of benzene rings is 2. The molecule has 1 aliphatic carbocycles. The van der Waals surface area contributed by atoms with Gasteiger partial charge in [0.1, 0.15) is 0 Å². The van der Waals surface area contributed by atoms with Gasteiger partial charge in [-0.05, 0) is 56.2 Å². The molecule has 9 nitrogen and oxygen atoms in total. The van der Waals surface area contributed by atoms with Crippen molar-refractivity contribution in [2.45, 2.75) is 25.3 Å². The van der Waals surface area contributed by atoms with Gasteiger partial charge in [-0.3, -0.25) is 19.7 Å². The van der Waals surface area contributed by atoms with Crippen LogP contribution in [-0.4, -0.2) is 42.3 Å². The largest absolute Gasteiger partial charge is 0.366 e. The molecule has 3 aromatic heterocycles. The standard InChI is InChI=1S/C17H16N4O.C8H7N3O/c1-17(7-8-17)19-16(22)13-5-2-6-15-14(13)11-21(20-15)12-4-3-9-18-10-12;9-8(12)5-2-1-3-7-6(5)4-10-11-7/h2-6,9-11H,7-8H2,1H3,(H,19,22);1-4H,(H2,9,12)(H,10,11). The van der Waals surface area contributed by atoms with Crippen LogP contribution in [0.2, 0.25) is 0 Å². The second-order valence-corrected chi connectivity index (χ2v) is 8.54. The van der Waals surface area contributed by atoms with Crippen LogP contribution in [0.15, 0.2) is 73.3 Å². The first-order valence-corrected chi connectivity index (χ1v) is 10.9. The van der Waals surface area contributed by atoms with Gasteiger partial charge in [-0.25, -0.2) is 4.68 Å². The molecule has 2 aromatic carbocycles. The highest BCUT2D eigenvalue weighted by molar-refractivity contribution is 6.06. The van der Waals surface area contributed by atoms with E-state index in [-0.39, 0.29) is 11.4 Å². The zero-order chi connectivity index (χ0) is 23.7. The molecule has 0 saturated heterocycles. The summed E-state index contributed by atoms with van der Waals surface area (Å²) in [7, 11) is 0. The van der Waals surface area contributed by atoms with E-state index >= 15 is 0 Å². The summed E-state index contributed by atoms with van der Waals surface area (Å²) in [4.78, 5) is 27.5. The number of hydrogen-bond donors (Lipinski definition) is 3. The molecule has 1 saturated carbocycles. The zero-order valence-corrected chi connectivity index (χ0v) is 18.5. The monoisotopic (exact) mass is 453 g/mol. The third kappa shape index (κ3) is 4.23. The lowest BCUT2D eigenvalue weighted by Crippen LogP contribution is -2.34. The van der Waals surface area contributed by atoms with Crippen LogP contribution in [0.1, 0.15) is 40.5 Å². The predicted molar refractivity (Wildman–Crippen MR) is 129 cm³/mol. The number of pyridine rings is 1. The Morgan fingerprint density at radius 1 is 1.03 bits per heavy atom. The normalized spacial score (nSPS) is 13.8. The van der Waals surface area contributed by atoms with Gasteiger partial charge in [0.05, 0.1) is 40.2 Å². The molecule has 0 radical (unpaired) electrons. The average molecular weight is 454 g/mol. The molecular weight excluding hydrogens is 430 g/mol. The number of hydrogen-bond acceptors (Lipinski definition) is 5. The van der Waals surface area contributed by atoms with Gasteiger partial charge in [-0.2, -0.15) is 10.2 Å². The fourth-order valence-corrected chi connectivity index (χ4v) is 3.70. The number of H-pyrrole nitrogens is 1. The lowest BCUT2D eigenvalue weighted by molar-refractivity contribution is 0.0936. The number of carbonyl (C=O) groups excluding carboxylic acids is 2. The molecule has 9 heteroatoms. The summed E-state index contributed by atoms with van der Waals surface area (Å²) in [6.07, 6.45) is 9.04. The summed E-state index contributed by atoms with van der Waals surface area (Å²) >= 11 is 0. The van der Waals surface area contributed by atoms with Gasteiger partial charge in [-0.1, -0.05) is 12.1 Å². The van der Waals surface area contributed by atoms with Crippen LogP contribution in [0.5, 0.6) is 0 Å². The van der Waals surface area contributed by atoms with Gasteiger partial charge in [-0.15, -0.1) is 0 Å². The van der Waals surface area contributed by atoms with E-state index < -0.39 is 5.91 Å². The number of primary amides is 1. The van der Waals surface area contributed by atoms with E-state index in [1.165, 1.54) is 0 Å². The van der Waals surface area contributed by atoms with Crippen molar-refractivity contribution in [1.29, 1.82) is 0 Å². The Labute approximate surface area is 195 Å². The molecule has 0 unspecified atom stereocenters. The number of rotatable bonds is 4. The Hall–Kier alpha value is -4.53. The van der Waals surface area contributed by atoms with E-state index in [2.05, 4.69) is 32.5 Å². The van der Waals surface area contributed by atoms with Crippen LogP contribution in [0.3, 0.4) is 0 Å². The smallest absolute Gasteiger partial charge is 0.252 e. The lowest BCUT2D eigenvalue weighted by Gasteiger charge is -2.11. The highest BCUT2D eigenvalue weighted by Gasteiger charge is 2.39. The second kappa shape index (κ2) is 8.43. The van der Waals surface area contributed by atoms with Gasteiger partial charge in [0.25, 0.3) is 5.91 Å². The number of nitrogens with two attached hydrogens (primary N) is 1. The van der Waals surface area contributed by atoms with Crippen molar-refractivity contribution in [3.8, 4) is 5.69 Å². The van der Waals surface area contributed by atoms with Gasteiger partial charge in [0.15, 0.2) is 0 Å². The third-order valence-corrected chi connectivity index (χ3v) is 5.87. The van der Waals surface area contributed by atoms with Crippen LogP contribution in [0.4, 0.5) is 0 Å². The fourth-order valence-electron chi connectivity index (χ4n) is 3.70. The van der Waals surface area contributed by atoms with E-state index in [0.717, 1.165) is 40.3 Å². The van der Waals surface area contributed by atoms with Crippen molar-refractivity contribution in [1.82, 2.24) is 30.3 Å². The number of amides is 2. The van der Waals surface area contributed by atoms with E-state index in [1.54, 1.807) is 35.4 Å². The van der Waals surface area contributed by atoms with E-state index in [4.69, 9.17) is 5.73 Å². The number of nitrogens with one attached hydrogen (secondary N) is 2. The third-order valence-electron chi connectivity index (χ3n) is 5.87. The number of fused-ring (bicyclic) bond motifs is 2. The zero-order valence-electron chi connectivity index (χ0n) is 18.5. The Bertz CT molecular complexity index is 1500. The molecule has 0 atom stereocenters. The first kappa shape index (κ1) is 21.3. The predicted octanol–water partition coefficient (Wildman–Crippen LogP) is 3.36. The summed E-state index contributed by atoms with van der Waals surface area (Å²) in [5, 5.41) is 15.8. The van der Waals surface area contributed by atoms with Crippen molar-refractivity contribution in [3.05, 3.63) is 84.4 Å². The summed E-state index contributed by atoms with van der Waals surface area (Å²) in [6.45, 7) is 2.07. The number of aromatic amines is 1. The maximum Gasteiger partial charge on any atom is 0.252 e. The first-order valence-electron chi connectivity index (χ1n) is 10.9. The number of nitrogens with zero attached hydrogens (tertiary/aromatic N) is 4. The Kier molecular flexibility index (Phi) is 5.29. The maximum atomic E-state index is 12.5. The van der Waals surface area contributed by atoms with Gasteiger partial charge >= 0.3 is 0 Å². The average Bonchev–Trinajstić information content (AvgIpc) is 3.24. The van der Waals surface area contributed by atoms with Crippen molar-refractivity contribution in [2.75, 3.05) is 0 Å². The SMILES string of the molecule is CC1(NC(=O)c2cccc3nn(-c4cccnc4)cc23)CC1.NC(=O)c1cccc2[nH]ncc12. The van der Waals surface area contributed by atoms with E-state index in [0.29, 0.717) is 11.1 Å². The molecule has 5 aromatic rings. The summed E-state index contributed by atoms with van der Waals surface area (Å²) in [6, 6.07) is 14.7. The van der Waals surface area contributed by atoms with E-state index in [9.17, 15) is 9.59 Å². The molecule has 1 fully saturated rings. The molecule has 170 valence electrons. The number of aromatic nitrogens is 5. The Morgan fingerprint density at radius 3 is 2.56 bits per heavy atom. The van der Waals surface area contributed by atoms with Crippen LogP contribution in [-0.2, 0) is 0 Å². The minimum atomic E-state index is -0.429. The van der Waals surface area contributed by atoms with Crippen LogP contribution < -0.4 is 11.1 Å². The summed E-state index contributed by atoms with van der Waals surface area (Å²) < 4.78 is 1.76. The van der Waals surface area contributed by atoms with Gasteiger partial charge in [0, 0.05) is 28.7 Å². The highest BCUT2D eigenvalue weighted by atomic mass is 16.2. The molecule has 34 heavy (non-hydrogen) atoms. The van der Waals surface area contributed by atoms with Crippen LogP contribution >= 0.6 is 0 Å². The molecule has 6 rings (SSSR count). The van der Waals surface area contributed by atoms with Crippen molar-refractivity contribution in [3.63, 3.8) is 0 Å². The first-order chi connectivity index (χ1) is 16.4. The molecule has 2 amide bonds. The summed E-state index contributed by atoms with van der Waals surface area (Å²) in [5.74, 6) is -0.460. The quantitative estimate of drug-likeness (QED) is 0.384. The van der Waals surface area contributed by atoms with Crippen LogP contribution in [0, 0.1) is 0 Å². The van der Waals surface area contributed by atoms with Gasteiger partial charge < -0.3 is 11.1 Å². The number of carbonyl (C=O) groups is 2. The Morgan fingerprint density at radius 2 is 1.82 bits per heavy atom. The Balaban J connectivity index is 0.000000169. The highest BCUT2D eigenvalue weighted by Crippen LogP contribution is 2.35. The molecule has 3 heterocycles. The maximum absolute atomic E-state index is 12.5. The van der Waals surface area contributed by atoms with Crippen molar-refractivity contribution < 1.29 is 9.59 Å². The molecule has 1 aliphatic rings.